The first-order chi connectivity index (χ1) is 9.16. The van der Waals surface area contributed by atoms with E-state index in [1.54, 1.807) is 24.2 Å². The Balaban J connectivity index is 1.68. The van der Waals surface area contributed by atoms with E-state index in [4.69, 9.17) is 0 Å². The highest BCUT2D eigenvalue weighted by Gasteiger charge is 2.25. The number of nitrogens with one attached hydrogen (secondary N) is 2. The lowest BCUT2D eigenvalue weighted by molar-refractivity contribution is -0.133. The van der Waals surface area contributed by atoms with Crippen LogP contribution < -0.4 is 5.32 Å². The molecule has 0 unspecified atom stereocenters. The molecule has 2 rings (SSSR count). The van der Waals surface area contributed by atoms with Gasteiger partial charge in [-0.05, 0) is 12.8 Å². The van der Waals surface area contributed by atoms with Crippen molar-refractivity contribution in [2.24, 2.45) is 5.92 Å². The van der Waals surface area contributed by atoms with E-state index in [9.17, 15) is 9.59 Å². The van der Waals surface area contributed by atoms with Crippen LogP contribution in [0, 0.1) is 5.92 Å². The van der Waals surface area contributed by atoms with Crippen molar-refractivity contribution in [1.29, 1.82) is 0 Å². The molecule has 0 atom stereocenters. The first-order valence-electron chi connectivity index (χ1n) is 6.68. The molecule has 2 heterocycles. The Hall–Kier alpha value is -1.85. The SMILES string of the molecule is CC(=O)N1CCC(C(=O)NCCc2ncc[nH]2)CC1. The first-order valence-corrected chi connectivity index (χ1v) is 6.68. The maximum absolute atomic E-state index is 12.0. The molecule has 0 aromatic carbocycles. The van der Waals surface area contributed by atoms with Gasteiger partial charge in [0.2, 0.25) is 11.8 Å². The van der Waals surface area contributed by atoms with Crippen molar-refractivity contribution < 1.29 is 9.59 Å². The van der Waals surface area contributed by atoms with Crippen LogP contribution in [-0.2, 0) is 16.0 Å². The first kappa shape index (κ1) is 13.6. The summed E-state index contributed by atoms with van der Waals surface area (Å²) in [6, 6.07) is 0. The predicted molar refractivity (Wildman–Crippen MR) is 70.3 cm³/mol. The van der Waals surface area contributed by atoms with E-state index in [1.165, 1.54) is 0 Å². The number of piperidine rings is 1. The molecule has 1 saturated heterocycles. The van der Waals surface area contributed by atoms with Gasteiger partial charge in [-0.25, -0.2) is 4.98 Å². The molecule has 0 bridgehead atoms. The van der Waals surface area contributed by atoms with Gasteiger partial charge in [0.05, 0.1) is 0 Å². The molecule has 0 radical (unpaired) electrons. The normalized spacial score (nSPS) is 16.4. The van der Waals surface area contributed by atoms with Gasteiger partial charge in [0, 0.05) is 51.3 Å². The molecule has 6 heteroatoms. The summed E-state index contributed by atoms with van der Waals surface area (Å²) in [4.78, 5) is 32.1. The molecule has 1 aromatic rings. The minimum absolute atomic E-state index is 0.0344. The average molecular weight is 264 g/mol. The number of H-pyrrole nitrogens is 1. The largest absolute Gasteiger partial charge is 0.355 e. The fourth-order valence-electron chi connectivity index (χ4n) is 2.34. The molecule has 104 valence electrons. The molecule has 2 amide bonds. The summed E-state index contributed by atoms with van der Waals surface area (Å²) in [7, 11) is 0. The van der Waals surface area contributed by atoms with Gasteiger partial charge in [-0.1, -0.05) is 0 Å². The Bertz CT molecular complexity index is 422. The number of imidazole rings is 1. The summed E-state index contributed by atoms with van der Waals surface area (Å²) < 4.78 is 0. The number of hydrogen-bond acceptors (Lipinski definition) is 3. The van der Waals surface area contributed by atoms with Crippen LogP contribution in [0.25, 0.3) is 0 Å². The number of rotatable bonds is 4. The number of aromatic amines is 1. The zero-order valence-electron chi connectivity index (χ0n) is 11.2. The summed E-state index contributed by atoms with van der Waals surface area (Å²) in [5, 5.41) is 2.93. The molecular formula is C13H20N4O2. The molecule has 1 aromatic heterocycles. The van der Waals surface area contributed by atoms with Crippen molar-refractivity contribution in [1.82, 2.24) is 20.2 Å². The minimum Gasteiger partial charge on any atom is -0.355 e. The Morgan fingerprint density at radius 1 is 1.47 bits per heavy atom. The van der Waals surface area contributed by atoms with Gasteiger partial charge < -0.3 is 15.2 Å². The highest BCUT2D eigenvalue weighted by molar-refractivity contribution is 5.79. The number of carbonyl (C=O) groups excluding carboxylic acids is 2. The number of amides is 2. The molecule has 2 N–H and O–H groups in total. The Morgan fingerprint density at radius 2 is 2.21 bits per heavy atom. The predicted octanol–water partition coefficient (Wildman–Crippen LogP) is 0.327. The second kappa shape index (κ2) is 6.36. The molecule has 0 saturated carbocycles. The van der Waals surface area contributed by atoms with Crippen LogP contribution in [0.5, 0.6) is 0 Å². The molecule has 1 fully saturated rings. The summed E-state index contributed by atoms with van der Waals surface area (Å²) in [6.45, 7) is 3.54. The topological polar surface area (TPSA) is 78.1 Å². The van der Waals surface area contributed by atoms with Crippen LogP contribution in [0.15, 0.2) is 12.4 Å². The molecule has 19 heavy (non-hydrogen) atoms. The maximum atomic E-state index is 12.0. The standard InChI is InChI=1S/C13H20N4O2/c1-10(18)17-8-3-11(4-9-17)13(19)16-5-2-12-14-6-7-15-12/h6-7,11H,2-5,8-9H2,1H3,(H,14,15)(H,16,19). The summed E-state index contributed by atoms with van der Waals surface area (Å²) in [5.74, 6) is 1.10. The zero-order valence-corrected chi connectivity index (χ0v) is 11.2. The number of nitrogens with zero attached hydrogens (tertiary/aromatic N) is 2. The maximum Gasteiger partial charge on any atom is 0.223 e. The minimum atomic E-state index is 0.0344. The molecule has 0 spiro atoms. The Labute approximate surface area is 112 Å². The van der Waals surface area contributed by atoms with E-state index in [-0.39, 0.29) is 17.7 Å². The lowest BCUT2D eigenvalue weighted by Crippen LogP contribution is -2.42. The van der Waals surface area contributed by atoms with Crippen LogP contribution in [-0.4, -0.2) is 46.3 Å². The second-order valence-electron chi connectivity index (χ2n) is 4.86. The molecule has 1 aliphatic heterocycles. The quantitative estimate of drug-likeness (QED) is 0.822. The Morgan fingerprint density at radius 3 is 2.79 bits per heavy atom. The molecular weight excluding hydrogens is 244 g/mol. The number of hydrogen-bond donors (Lipinski definition) is 2. The molecule has 0 aliphatic carbocycles. The average Bonchev–Trinajstić information content (AvgIpc) is 2.92. The lowest BCUT2D eigenvalue weighted by Gasteiger charge is -2.30. The third-order valence-electron chi connectivity index (χ3n) is 3.53. The second-order valence-corrected chi connectivity index (χ2v) is 4.86. The van der Waals surface area contributed by atoms with Crippen molar-refractivity contribution in [3.05, 3.63) is 18.2 Å². The summed E-state index contributed by atoms with van der Waals surface area (Å²) in [6.07, 6.45) is 5.70. The Kier molecular flexibility index (Phi) is 4.54. The summed E-state index contributed by atoms with van der Waals surface area (Å²) >= 11 is 0. The van der Waals surface area contributed by atoms with Gasteiger partial charge >= 0.3 is 0 Å². The molecule has 6 nitrogen and oxygen atoms in total. The monoisotopic (exact) mass is 264 g/mol. The zero-order chi connectivity index (χ0) is 13.7. The van der Waals surface area contributed by atoms with Gasteiger partial charge in [-0.3, -0.25) is 9.59 Å². The van der Waals surface area contributed by atoms with Gasteiger partial charge in [-0.15, -0.1) is 0 Å². The van der Waals surface area contributed by atoms with Gasteiger partial charge in [0.25, 0.3) is 0 Å². The summed E-state index contributed by atoms with van der Waals surface area (Å²) in [5.41, 5.74) is 0. The van der Waals surface area contributed by atoms with Crippen molar-refractivity contribution in [3.63, 3.8) is 0 Å². The smallest absolute Gasteiger partial charge is 0.223 e. The van der Waals surface area contributed by atoms with Crippen LogP contribution in [0.3, 0.4) is 0 Å². The third-order valence-corrected chi connectivity index (χ3v) is 3.53. The van der Waals surface area contributed by atoms with Gasteiger partial charge in [0.15, 0.2) is 0 Å². The van der Waals surface area contributed by atoms with Crippen molar-refractivity contribution in [3.8, 4) is 0 Å². The van der Waals surface area contributed by atoms with Crippen LogP contribution in [0.4, 0.5) is 0 Å². The van der Waals surface area contributed by atoms with Gasteiger partial charge in [0.1, 0.15) is 5.82 Å². The van der Waals surface area contributed by atoms with Crippen molar-refractivity contribution in [2.75, 3.05) is 19.6 Å². The lowest BCUT2D eigenvalue weighted by atomic mass is 9.96. The highest BCUT2D eigenvalue weighted by Crippen LogP contribution is 2.17. The van der Waals surface area contributed by atoms with E-state index in [0.717, 1.165) is 18.7 Å². The van der Waals surface area contributed by atoms with Crippen LogP contribution in [0.1, 0.15) is 25.6 Å². The van der Waals surface area contributed by atoms with E-state index in [0.29, 0.717) is 26.1 Å². The van der Waals surface area contributed by atoms with Crippen LogP contribution in [0.2, 0.25) is 0 Å². The van der Waals surface area contributed by atoms with E-state index in [2.05, 4.69) is 15.3 Å². The highest BCUT2D eigenvalue weighted by atomic mass is 16.2. The molecule has 1 aliphatic rings. The fraction of sp³-hybridized carbons (Fsp3) is 0.615. The number of carbonyl (C=O) groups is 2. The van der Waals surface area contributed by atoms with Gasteiger partial charge in [-0.2, -0.15) is 0 Å². The van der Waals surface area contributed by atoms with Crippen LogP contribution >= 0.6 is 0 Å². The number of aromatic nitrogens is 2. The van der Waals surface area contributed by atoms with Crippen molar-refractivity contribution in [2.45, 2.75) is 26.2 Å². The number of likely N-dealkylation sites (tertiary alicyclic amines) is 1. The third kappa shape index (κ3) is 3.81. The van der Waals surface area contributed by atoms with E-state index < -0.39 is 0 Å². The van der Waals surface area contributed by atoms with Crippen molar-refractivity contribution >= 4 is 11.8 Å². The van der Waals surface area contributed by atoms with E-state index >= 15 is 0 Å². The van der Waals surface area contributed by atoms with E-state index in [1.807, 2.05) is 0 Å². The fourth-order valence-corrected chi connectivity index (χ4v) is 2.34.